The standard InChI is InChI=1S/C28H25F3N8O2/c1-17-15-38(16-35-17)23-12-20(10-21(13-23)28(29,30)31)26(41)36-22-5-3-4-19(11-22)25-32-8-9-39(25)24-6-7-33-27(37-24)34-14-18(2)40/h3-13,15-16,18,40H,14H2,1-2H3,(H,36,41)(H,33,34,37)/t18-/m0/s1. The van der Waals surface area contributed by atoms with Crippen LogP contribution in [0.5, 0.6) is 0 Å². The maximum Gasteiger partial charge on any atom is 0.416 e. The van der Waals surface area contributed by atoms with E-state index in [4.69, 9.17) is 0 Å². The first-order valence-corrected chi connectivity index (χ1v) is 12.5. The van der Waals surface area contributed by atoms with E-state index >= 15 is 0 Å². The van der Waals surface area contributed by atoms with Crippen molar-refractivity contribution in [1.29, 1.82) is 0 Å². The first-order chi connectivity index (χ1) is 19.6. The molecule has 0 aliphatic rings. The molecule has 210 valence electrons. The number of carbonyl (C=O) groups is 1. The van der Waals surface area contributed by atoms with Crippen LogP contribution in [0.4, 0.5) is 24.8 Å². The highest BCUT2D eigenvalue weighted by molar-refractivity contribution is 6.05. The molecule has 0 fully saturated rings. The molecule has 1 amide bonds. The Kier molecular flexibility index (Phi) is 7.53. The van der Waals surface area contributed by atoms with Crippen LogP contribution in [0.3, 0.4) is 0 Å². The molecule has 0 radical (unpaired) electrons. The average molecular weight is 563 g/mol. The second kappa shape index (κ2) is 11.2. The van der Waals surface area contributed by atoms with Crippen LogP contribution in [-0.4, -0.2) is 52.7 Å². The molecule has 0 saturated heterocycles. The average Bonchev–Trinajstić information content (AvgIpc) is 3.61. The van der Waals surface area contributed by atoms with Gasteiger partial charge < -0.3 is 20.3 Å². The summed E-state index contributed by atoms with van der Waals surface area (Å²) in [4.78, 5) is 30.3. The summed E-state index contributed by atoms with van der Waals surface area (Å²) >= 11 is 0. The lowest BCUT2D eigenvalue weighted by Gasteiger charge is -2.14. The Hall–Kier alpha value is -5.04. The highest BCUT2D eigenvalue weighted by Crippen LogP contribution is 2.32. The fraction of sp³-hybridized carbons (Fsp3) is 0.179. The second-order valence-electron chi connectivity index (χ2n) is 9.31. The van der Waals surface area contributed by atoms with Crippen LogP contribution in [0.1, 0.15) is 28.5 Å². The minimum Gasteiger partial charge on any atom is -0.392 e. The highest BCUT2D eigenvalue weighted by Gasteiger charge is 2.32. The number of hydrogen-bond donors (Lipinski definition) is 3. The monoisotopic (exact) mass is 562 g/mol. The maximum absolute atomic E-state index is 13.7. The quantitative estimate of drug-likeness (QED) is 0.246. The van der Waals surface area contributed by atoms with Gasteiger partial charge in [-0.2, -0.15) is 18.2 Å². The zero-order valence-electron chi connectivity index (χ0n) is 22.0. The van der Waals surface area contributed by atoms with Crippen LogP contribution < -0.4 is 10.6 Å². The second-order valence-corrected chi connectivity index (χ2v) is 9.31. The third kappa shape index (κ3) is 6.41. The lowest BCUT2D eigenvalue weighted by atomic mass is 10.1. The van der Waals surface area contributed by atoms with Crippen LogP contribution in [0.15, 0.2) is 79.6 Å². The zero-order chi connectivity index (χ0) is 29.1. The van der Waals surface area contributed by atoms with Gasteiger partial charge in [-0.1, -0.05) is 12.1 Å². The number of anilines is 2. The molecular formula is C28H25F3N8O2. The molecule has 1 atom stereocenters. The molecule has 5 aromatic rings. The van der Waals surface area contributed by atoms with Gasteiger partial charge in [-0.15, -0.1) is 0 Å². The Bertz CT molecular complexity index is 1690. The van der Waals surface area contributed by atoms with Gasteiger partial charge in [0, 0.05) is 53.8 Å². The van der Waals surface area contributed by atoms with E-state index in [1.807, 2.05) is 0 Å². The predicted molar refractivity (Wildman–Crippen MR) is 146 cm³/mol. The van der Waals surface area contributed by atoms with Crippen LogP contribution in [0.25, 0.3) is 22.9 Å². The predicted octanol–water partition coefficient (Wildman–Crippen LogP) is 4.89. The van der Waals surface area contributed by atoms with Crippen molar-refractivity contribution < 1.29 is 23.1 Å². The molecule has 3 aromatic heterocycles. The molecule has 41 heavy (non-hydrogen) atoms. The highest BCUT2D eigenvalue weighted by atomic mass is 19.4. The molecule has 0 bridgehead atoms. The molecule has 0 aliphatic heterocycles. The molecule has 13 heteroatoms. The lowest BCUT2D eigenvalue weighted by molar-refractivity contribution is -0.137. The smallest absolute Gasteiger partial charge is 0.392 e. The van der Waals surface area contributed by atoms with Gasteiger partial charge in [-0.25, -0.2) is 15.0 Å². The van der Waals surface area contributed by atoms with E-state index in [2.05, 4.69) is 30.6 Å². The molecule has 3 N–H and O–H groups in total. The van der Waals surface area contributed by atoms with E-state index in [-0.39, 0.29) is 17.8 Å². The third-order valence-electron chi connectivity index (χ3n) is 5.98. The summed E-state index contributed by atoms with van der Waals surface area (Å²) in [6.07, 6.45) is 2.61. The summed E-state index contributed by atoms with van der Waals surface area (Å²) in [6.45, 7) is 3.63. The first kappa shape index (κ1) is 27.5. The Morgan fingerprint density at radius 1 is 1.07 bits per heavy atom. The van der Waals surface area contributed by atoms with Crippen LogP contribution in [-0.2, 0) is 6.18 Å². The fourth-order valence-electron chi connectivity index (χ4n) is 4.07. The number of hydrogen-bond acceptors (Lipinski definition) is 7. The number of carbonyl (C=O) groups excluding carboxylic acids is 1. The number of rotatable bonds is 8. The van der Waals surface area contributed by atoms with Crippen molar-refractivity contribution in [2.45, 2.75) is 26.1 Å². The number of aliphatic hydroxyl groups is 1. The number of aryl methyl sites for hydroxylation is 1. The van der Waals surface area contributed by atoms with Gasteiger partial charge in [0.15, 0.2) is 0 Å². The normalized spacial score (nSPS) is 12.2. The summed E-state index contributed by atoms with van der Waals surface area (Å²) in [6, 6.07) is 11.6. The SMILES string of the molecule is Cc1cn(-c2cc(C(=O)Nc3cccc(-c4nccn4-c4ccnc(NC[C@H](C)O)n4)c3)cc(C(F)(F)F)c2)cn1. The van der Waals surface area contributed by atoms with Crippen LogP contribution >= 0.6 is 0 Å². The van der Waals surface area contributed by atoms with E-state index in [1.165, 1.54) is 17.0 Å². The largest absolute Gasteiger partial charge is 0.416 e. The summed E-state index contributed by atoms with van der Waals surface area (Å²) in [5, 5.41) is 15.2. The topological polar surface area (TPSA) is 123 Å². The van der Waals surface area contributed by atoms with Gasteiger partial charge in [-0.3, -0.25) is 9.36 Å². The van der Waals surface area contributed by atoms with Gasteiger partial charge in [0.05, 0.1) is 23.7 Å². The summed E-state index contributed by atoms with van der Waals surface area (Å²) < 4.78 is 44.1. The van der Waals surface area contributed by atoms with Crippen molar-refractivity contribution in [1.82, 2.24) is 29.1 Å². The van der Waals surface area contributed by atoms with Crippen LogP contribution in [0.2, 0.25) is 0 Å². The van der Waals surface area contributed by atoms with E-state index < -0.39 is 23.8 Å². The Labute approximate surface area is 232 Å². The molecule has 2 aromatic carbocycles. The fourth-order valence-corrected chi connectivity index (χ4v) is 4.07. The van der Waals surface area contributed by atoms with Gasteiger partial charge >= 0.3 is 6.18 Å². The Balaban J connectivity index is 1.42. The van der Waals surface area contributed by atoms with E-state index in [0.29, 0.717) is 34.5 Å². The molecule has 3 heterocycles. The maximum atomic E-state index is 13.7. The molecular weight excluding hydrogens is 537 g/mol. The van der Waals surface area contributed by atoms with Crippen molar-refractivity contribution in [2.24, 2.45) is 0 Å². The number of imidazole rings is 2. The number of halogens is 3. The van der Waals surface area contributed by atoms with Gasteiger partial charge in [0.2, 0.25) is 5.95 Å². The lowest BCUT2D eigenvalue weighted by Crippen LogP contribution is -2.17. The number of benzene rings is 2. The van der Waals surface area contributed by atoms with Crippen molar-refractivity contribution in [2.75, 3.05) is 17.2 Å². The van der Waals surface area contributed by atoms with E-state index in [1.54, 1.807) is 73.5 Å². The first-order valence-electron chi connectivity index (χ1n) is 12.5. The number of alkyl halides is 3. The molecule has 5 rings (SSSR count). The van der Waals surface area contributed by atoms with Crippen molar-refractivity contribution in [3.8, 4) is 22.9 Å². The van der Waals surface area contributed by atoms with Gasteiger partial charge in [-0.05, 0) is 50.2 Å². The van der Waals surface area contributed by atoms with Gasteiger partial charge in [0.1, 0.15) is 11.6 Å². The van der Waals surface area contributed by atoms with Crippen molar-refractivity contribution in [3.63, 3.8) is 0 Å². The van der Waals surface area contributed by atoms with E-state index in [0.717, 1.165) is 12.1 Å². The molecule has 0 aliphatic carbocycles. The third-order valence-corrected chi connectivity index (χ3v) is 5.98. The zero-order valence-corrected chi connectivity index (χ0v) is 22.0. The van der Waals surface area contributed by atoms with Gasteiger partial charge in [0.25, 0.3) is 5.91 Å². The van der Waals surface area contributed by atoms with Crippen molar-refractivity contribution >= 4 is 17.5 Å². The summed E-state index contributed by atoms with van der Waals surface area (Å²) in [5.74, 6) is 0.647. The molecule has 0 saturated carbocycles. The van der Waals surface area contributed by atoms with E-state index in [9.17, 15) is 23.1 Å². The van der Waals surface area contributed by atoms with Crippen molar-refractivity contribution in [3.05, 3.63) is 96.5 Å². The summed E-state index contributed by atoms with van der Waals surface area (Å²) in [5.41, 5.74) is 0.664. The number of amides is 1. The Morgan fingerprint density at radius 3 is 2.63 bits per heavy atom. The number of aliphatic hydroxyl groups excluding tert-OH is 1. The number of aromatic nitrogens is 6. The van der Waals surface area contributed by atoms with Crippen LogP contribution in [0, 0.1) is 6.92 Å². The minimum atomic E-state index is -4.65. The number of nitrogens with one attached hydrogen (secondary N) is 2. The molecule has 10 nitrogen and oxygen atoms in total. The minimum absolute atomic E-state index is 0.161. The molecule has 0 spiro atoms. The summed E-state index contributed by atoms with van der Waals surface area (Å²) in [7, 11) is 0. The Morgan fingerprint density at radius 2 is 1.90 bits per heavy atom. The number of nitrogens with zero attached hydrogens (tertiary/aromatic N) is 6. The molecule has 0 unspecified atom stereocenters.